The summed E-state index contributed by atoms with van der Waals surface area (Å²) in [5.41, 5.74) is 6.83. The average Bonchev–Trinajstić information content (AvgIpc) is 2.21. The van der Waals surface area contributed by atoms with Gasteiger partial charge in [-0.3, -0.25) is 14.9 Å². The van der Waals surface area contributed by atoms with Gasteiger partial charge in [0.1, 0.15) is 6.04 Å². The fraction of sp³-hybridized carbons (Fsp3) is 0.273. The SMILES string of the molecule is Cl.Nc1cc(Cl)cc(NC2CCC(=O)NC2=O)c1. The van der Waals surface area contributed by atoms with E-state index in [4.69, 9.17) is 17.3 Å². The normalized spacial score (nSPS) is 18.8. The zero-order valence-electron chi connectivity index (χ0n) is 9.40. The summed E-state index contributed by atoms with van der Waals surface area (Å²) >= 11 is 5.85. The topological polar surface area (TPSA) is 84.2 Å². The number of nitrogens with one attached hydrogen (secondary N) is 2. The predicted octanol–water partition coefficient (Wildman–Crippen LogP) is 1.56. The van der Waals surface area contributed by atoms with E-state index in [1.165, 1.54) is 0 Å². The standard InChI is InChI=1S/C11H12ClN3O2.ClH/c12-6-3-7(13)5-8(4-6)14-9-1-2-10(16)15-11(9)17;/h3-5,9,14H,1-2,13H2,(H,15,16,17);1H. The number of benzene rings is 1. The molecule has 1 saturated heterocycles. The van der Waals surface area contributed by atoms with Crippen molar-refractivity contribution in [1.82, 2.24) is 5.32 Å². The Morgan fingerprint density at radius 1 is 1.33 bits per heavy atom. The van der Waals surface area contributed by atoms with Crippen molar-refractivity contribution in [3.8, 4) is 0 Å². The molecule has 0 aromatic heterocycles. The fourth-order valence-corrected chi connectivity index (χ4v) is 1.97. The van der Waals surface area contributed by atoms with Crippen LogP contribution in [-0.2, 0) is 9.59 Å². The summed E-state index contributed by atoms with van der Waals surface area (Å²) in [7, 11) is 0. The van der Waals surface area contributed by atoms with Crippen molar-refractivity contribution in [2.24, 2.45) is 0 Å². The van der Waals surface area contributed by atoms with Crippen LogP contribution in [-0.4, -0.2) is 17.9 Å². The minimum absolute atomic E-state index is 0. The molecular formula is C11H13Cl2N3O2. The molecule has 0 spiro atoms. The molecule has 2 amide bonds. The van der Waals surface area contributed by atoms with Crippen LogP contribution in [0.25, 0.3) is 0 Å². The highest BCUT2D eigenvalue weighted by atomic mass is 35.5. The van der Waals surface area contributed by atoms with Gasteiger partial charge in [0.25, 0.3) is 0 Å². The van der Waals surface area contributed by atoms with Crippen LogP contribution in [0.3, 0.4) is 0 Å². The Labute approximate surface area is 115 Å². The molecule has 1 aliphatic heterocycles. The van der Waals surface area contributed by atoms with Gasteiger partial charge in [0.2, 0.25) is 11.8 Å². The summed E-state index contributed by atoms with van der Waals surface area (Å²) in [5.74, 6) is -0.557. The lowest BCUT2D eigenvalue weighted by molar-refractivity contribution is -0.133. The number of hydrogen-bond acceptors (Lipinski definition) is 4. The molecule has 1 aliphatic rings. The Hall–Kier alpha value is -1.46. The second-order valence-electron chi connectivity index (χ2n) is 3.92. The maximum atomic E-state index is 11.5. The largest absolute Gasteiger partial charge is 0.399 e. The summed E-state index contributed by atoms with van der Waals surface area (Å²) in [6.07, 6.45) is 0.802. The van der Waals surface area contributed by atoms with Gasteiger partial charge in [-0.05, 0) is 24.6 Å². The average molecular weight is 290 g/mol. The lowest BCUT2D eigenvalue weighted by Crippen LogP contribution is -2.47. The second kappa shape index (κ2) is 5.93. The van der Waals surface area contributed by atoms with Crippen LogP contribution >= 0.6 is 24.0 Å². The first kappa shape index (κ1) is 14.6. The minimum atomic E-state index is -0.425. The molecule has 1 aromatic carbocycles. The van der Waals surface area contributed by atoms with Crippen molar-refractivity contribution in [2.75, 3.05) is 11.1 Å². The van der Waals surface area contributed by atoms with Gasteiger partial charge in [-0.15, -0.1) is 12.4 Å². The van der Waals surface area contributed by atoms with Crippen LogP contribution in [0.2, 0.25) is 5.02 Å². The Kier molecular flexibility index (Phi) is 4.81. The van der Waals surface area contributed by atoms with E-state index in [2.05, 4.69) is 10.6 Å². The van der Waals surface area contributed by atoms with Gasteiger partial charge in [-0.2, -0.15) is 0 Å². The summed E-state index contributed by atoms with van der Waals surface area (Å²) in [6.45, 7) is 0. The molecule has 0 saturated carbocycles. The number of carbonyl (C=O) groups excluding carboxylic acids is 2. The van der Waals surface area contributed by atoms with Crippen LogP contribution in [0.1, 0.15) is 12.8 Å². The molecule has 1 aromatic rings. The fourth-order valence-electron chi connectivity index (χ4n) is 1.73. The van der Waals surface area contributed by atoms with Crippen LogP contribution < -0.4 is 16.4 Å². The quantitative estimate of drug-likeness (QED) is 0.570. The van der Waals surface area contributed by atoms with E-state index < -0.39 is 6.04 Å². The van der Waals surface area contributed by atoms with E-state index in [1.807, 2.05) is 0 Å². The maximum absolute atomic E-state index is 11.5. The van der Waals surface area contributed by atoms with Crippen LogP contribution in [0.15, 0.2) is 18.2 Å². The molecule has 0 bridgehead atoms. The van der Waals surface area contributed by atoms with Crippen molar-refractivity contribution in [3.63, 3.8) is 0 Å². The number of carbonyl (C=O) groups is 2. The zero-order valence-corrected chi connectivity index (χ0v) is 11.0. The Balaban J connectivity index is 0.00000162. The van der Waals surface area contributed by atoms with Gasteiger partial charge in [0.05, 0.1) is 0 Å². The van der Waals surface area contributed by atoms with Crippen LogP contribution in [0.4, 0.5) is 11.4 Å². The van der Waals surface area contributed by atoms with Gasteiger partial charge in [-0.1, -0.05) is 11.6 Å². The lowest BCUT2D eigenvalue weighted by atomic mass is 10.1. The number of hydrogen-bond donors (Lipinski definition) is 3. The van der Waals surface area contributed by atoms with Crippen LogP contribution in [0, 0.1) is 0 Å². The van der Waals surface area contributed by atoms with E-state index in [-0.39, 0.29) is 24.2 Å². The molecule has 0 aliphatic carbocycles. The van der Waals surface area contributed by atoms with Gasteiger partial charge in [-0.25, -0.2) is 0 Å². The predicted molar refractivity (Wildman–Crippen MR) is 72.9 cm³/mol. The first-order valence-electron chi connectivity index (χ1n) is 5.21. The molecule has 98 valence electrons. The molecule has 1 atom stereocenters. The Morgan fingerprint density at radius 2 is 2.06 bits per heavy atom. The zero-order chi connectivity index (χ0) is 12.4. The molecule has 18 heavy (non-hydrogen) atoms. The highest BCUT2D eigenvalue weighted by molar-refractivity contribution is 6.31. The van der Waals surface area contributed by atoms with Crippen LogP contribution in [0.5, 0.6) is 0 Å². The summed E-state index contributed by atoms with van der Waals surface area (Å²) in [6, 6.07) is 4.57. The molecule has 0 radical (unpaired) electrons. The maximum Gasteiger partial charge on any atom is 0.249 e. The third kappa shape index (κ3) is 3.51. The third-order valence-electron chi connectivity index (χ3n) is 2.50. The highest BCUT2D eigenvalue weighted by Crippen LogP contribution is 2.22. The number of nitrogens with two attached hydrogens (primary N) is 1. The van der Waals surface area contributed by atoms with Gasteiger partial charge in [0.15, 0.2) is 0 Å². The molecule has 2 rings (SSSR count). The number of amides is 2. The van der Waals surface area contributed by atoms with Gasteiger partial charge < -0.3 is 11.1 Å². The first-order valence-corrected chi connectivity index (χ1v) is 5.59. The number of nitrogen functional groups attached to an aromatic ring is 1. The summed E-state index contributed by atoms with van der Waals surface area (Å²) in [5, 5.41) is 5.78. The number of halogens is 2. The number of rotatable bonds is 2. The minimum Gasteiger partial charge on any atom is -0.399 e. The van der Waals surface area contributed by atoms with E-state index in [9.17, 15) is 9.59 Å². The molecule has 5 nitrogen and oxygen atoms in total. The third-order valence-corrected chi connectivity index (χ3v) is 2.72. The summed E-state index contributed by atoms with van der Waals surface area (Å²) < 4.78 is 0. The smallest absolute Gasteiger partial charge is 0.249 e. The van der Waals surface area contributed by atoms with Crippen molar-refractivity contribution < 1.29 is 9.59 Å². The number of imide groups is 1. The van der Waals surface area contributed by atoms with E-state index in [0.29, 0.717) is 29.2 Å². The van der Waals surface area contributed by atoms with E-state index >= 15 is 0 Å². The van der Waals surface area contributed by atoms with Gasteiger partial charge in [0, 0.05) is 22.8 Å². The molecule has 1 heterocycles. The number of anilines is 2. The summed E-state index contributed by atoms with van der Waals surface area (Å²) in [4.78, 5) is 22.5. The van der Waals surface area contributed by atoms with E-state index in [0.717, 1.165) is 0 Å². The molecule has 7 heteroatoms. The Morgan fingerprint density at radius 3 is 2.67 bits per heavy atom. The molecule has 1 unspecified atom stereocenters. The first-order chi connectivity index (χ1) is 8.04. The van der Waals surface area contributed by atoms with Crippen molar-refractivity contribution >= 4 is 47.2 Å². The molecule has 1 fully saturated rings. The molecular weight excluding hydrogens is 277 g/mol. The highest BCUT2D eigenvalue weighted by Gasteiger charge is 2.26. The lowest BCUT2D eigenvalue weighted by Gasteiger charge is -2.23. The van der Waals surface area contributed by atoms with Crippen molar-refractivity contribution in [1.29, 1.82) is 0 Å². The van der Waals surface area contributed by atoms with Crippen molar-refractivity contribution in [3.05, 3.63) is 23.2 Å². The number of piperidine rings is 1. The molecule has 4 N–H and O–H groups in total. The Bertz CT molecular complexity index is 459. The monoisotopic (exact) mass is 289 g/mol. The second-order valence-corrected chi connectivity index (χ2v) is 4.36. The van der Waals surface area contributed by atoms with E-state index in [1.54, 1.807) is 18.2 Å². The van der Waals surface area contributed by atoms with Crippen molar-refractivity contribution in [2.45, 2.75) is 18.9 Å². The van der Waals surface area contributed by atoms with Gasteiger partial charge >= 0.3 is 0 Å².